The highest BCUT2D eigenvalue weighted by Crippen LogP contribution is 2.34. The summed E-state index contributed by atoms with van der Waals surface area (Å²) in [5, 5.41) is 0. The Morgan fingerprint density at radius 2 is 1.69 bits per heavy atom. The Balaban J connectivity index is 1.52. The summed E-state index contributed by atoms with van der Waals surface area (Å²) in [5.41, 5.74) is 7.22. The number of aromatic nitrogens is 2. The van der Waals surface area contributed by atoms with E-state index in [1.807, 2.05) is 18.7 Å². The van der Waals surface area contributed by atoms with Crippen molar-refractivity contribution >= 4 is 32.4 Å². The normalized spacial score (nSPS) is 15.3. The lowest BCUT2D eigenvalue weighted by atomic mass is 10.1. The van der Waals surface area contributed by atoms with E-state index in [1.165, 1.54) is 27.0 Å². The second kappa shape index (κ2) is 8.34. The molecule has 1 aliphatic heterocycles. The van der Waals surface area contributed by atoms with Gasteiger partial charge < -0.3 is 4.90 Å². The maximum absolute atomic E-state index is 12.4. The van der Waals surface area contributed by atoms with Gasteiger partial charge in [-0.25, -0.2) is 4.98 Å². The van der Waals surface area contributed by atoms with Gasteiger partial charge >= 0.3 is 0 Å². The zero-order valence-electron chi connectivity index (χ0n) is 19.3. The highest BCUT2D eigenvalue weighted by molar-refractivity contribution is 7.23. The molecular formula is C26H30N4OS. The summed E-state index contributed by atoms with van der Waals surface area (Å²) in [4.78, 5) is 23.0. The second-order valence-corrected chi connectivity index (χ2v) is 10.2. The molecular weight excluding hydrogens is 416 g/mol. The molecule has 166 valence electrons. The zero-order chi connectivity index (χ0) is 22.4. The van der Waals surface area contributed by atoms with E-state index in [9.17, 15) is 4.79 Å². The molecule has 0 N–H and O–H groups in total. The van der Waals surface area contributed by atoms with Crippen LogP contribution in [0.5, 0.6) is 0 Å². The molecule has 2 aromatic carbocycles. The van der Waals surface area contributed by atoms with Crippen LogP contribution in [0.25, 0.3) is 26.4 Å². The van der Waals surface area contributed by atoms with Gasteiger partial charge in [-0.1, -0.05) is 61.1 Å². The van der Waals surface area contributed by atoms with Crippen molar-refractivity contribution in [2.75, 3.05) is 26.2 Å². The van der Waals surface area contributed by atoms with Gasteiger partial charge in [0, 0.05) is 44.2 Å². The summed E-state index contributed by atoms with van der Waals surface area (Å²) in [7, 11) is 0. The number of carbonyl (C=O) groups is 1. The summed E-state index contributed by atoms with van der Waals surface area (Å²) >= 11 is 1.76. The minimum atomic E-state index is 0.0600. The monoisotopic (exact) mass is 446 g/mol. The first-order valence-electron chi connectivity index (χ1n) is 11.4. The van der Waals surface area contributed by atoms with Crippen LogP contribution >= 0.6 is 11.3 Å². The van der Waals surface area contributed by atoms with E-state index in [-0.39, 0.29) is 11.8 Å². The van der Waals surface area contributed by atoms with Crippen LogP contribution in [-0.4, -0.2) is 51.3 Å². The molecule has 1 amide bonds. The number of imidazole rings is 1. The van der Waals surface area contributed by atoms with E-state index < -0.39 is 0 Å². The van der Waals surface area contributed by atoms with Gasteiger partial charge in [0.25, 0.3) is 0 Å². The standard InChI is InChI=1S/C26H30N4OS/c1-17(2)25(31)29-13-11-28(12-14-29)16-22-24(20-8-5-18(3)6-9-20)27-26-30(22)21-10-7-19(4)15-23(21)32-26/h5-10,15,17H,11-14,16H2,1-4H3. The predicted octanol–water partition coefficient (Wildman–Crippen LogP) is 5.13. The van der Waals surface area contributed by atoms with Gasteiger partial charge in [0.05, 0.1) is 21.6 Å². The molecule has 1 fully saturated rings. The Labute approximate surface area is 193 Å². The minimum absolute atomic E-state index is 0.0600. The van der Waals surface area contributed by atoms with Gasteiger partial charge in [0.1, 0.15) is 0 Å². The second-order valence-electron chi connectivity index (χ2n) is 9.22. The molecule has 4 aromatic rings. The summed E-state index contributed by atoms with van der Waals surface area (Å²) in [6.07, 6.45) is 0. The molecule has 0 aliphatic carbocycles. The van der Waals surface area contributed by atoms with Crippen LogP contribution in [0.1, 0.15) is 30.7 Å². The lowest BCUT2D eigenvalue weighted by Crippen LogP contribution is -2.49. The van der Waals surface area contributed by atoms with Crippen molar-refractivity contribution in [1.82, 2.24) is 19.2 Å². The van der Waals surface area contributed by atoms with Gasteiger partial charge in [-0.15, -0.1) is 0 Å². The maximum Gasteiger partial charge on any atom is 0.225 e. The first-order chi connectivity index (χ1) is 15.4. The number of benzene rings is 2. The third-order valence-electron chi connectivity index (χ3n) is 6.38. The lowest BCUT2D eigenvalue weighted by molar-refractivity contribution is -0.136. The van der Waals surface area contributed by atoms with Crippen molar-refractivity contribution in [3.63, 3.8) is 0 Å². The summed E-state index contributed by atoms with van der Waals surface area (Å²) in [6.45, 7) is 12.4. The minimum Gasteiger partial charge on any atom is -0.340 e. The Bertz CT molecular complexity index is 1280. The van der Waals surface area contributed by atoms with Gasteiger partial charge in [-0.3, -0.25) is 14.1 Å². The van der Waals surface area contributed by atoms with Crippen LogP contribution in [0.2, 0.25) is 0 Å². The first-order valence-corrected chi connectivity index (χ1v) is 12.2. The highest BCUT2D eigenvalue weighted by atomic mass is 32.1. The van der Waals surface area contributed by atoms with Crippen molar-refractivity contribution < 1.29 is 4.79 Å². The average Bonchev–Trinajstić information content (AvgIpc) is 3.30. The third kappa shape index (κ3) is 3.82. The molecule has 5 rings (SSSR count). The van der Waals surface area contributed by atoms with Crippen LogP contribution < -0.4 is 0 Å². The molecule has 0 atom stereocenters. The highest BCUT2D eigenvalue weighted by Gasteiger charge is 2.25. The SMILES string of the molecule is Cc1ccc(-c2nc3sc4cc(C)ccc4n3c2CN2CCN(C(=O)C(C)C)CC2)cc1. The van der Waals surface area contributed by atoms with Crippen molar-refractivity contribution in [1.29, 1.82) is 0 Å². The number of amides is 1. The molecule has 2 aromatic heterocycles. The lowest BCUT2D eigenvalue weighted by Gasteiger charge is -2.35. The van der Waals surface area contributed by atoms with Crippen LogP contribution in [-0.2, 0) is 11.3 Å². The molecule has 0 saturated carbocycles. The molecule has 0 unspecified atom stereocenters. The maximum atomic E-state index is 12.4. The average molecular weight is 447 g/mol. The van der Waals surface area contributed by atoms with Crippen LogP contribution in [0.15, 0.2) is 42.5 Å². The number of thiazole rings is 1. The van der Waals surface area contributed by atoms with Gasteiger partial charge in [0.2, 0.25) is 5.91 Å². The molecule has 0 bridgehead atoms. The number of hydrogen-bond donors (Lipinski definition) is 0. The van der Waals surface area contributed by atoms with E-state index in [2.05, 4.69) is 65.6 Å². The quantitative estimate of drug-likeness (QED) is 0.436. The molecule has 5 nitrogen and oxygen atoms in total. The van der Waals surface area contributed by atoms with Crippen molar-refractivity contribution in [2.45, 2.75) is 34.2 Å². The Kier molecular flexibility index (Phi) is 5.51. The zero-order valence-corrected chi connectivity index (χ0v) is 20.1. The molecule has 3 heterocycles. The van der Waals surface area contributed by atoms with Crippen LogP contribution in [0.3, 0.4) is 0 Å². The third-order valence-corrected chi connectivity index (χ3v) is 7.38. The van der Waals surface area contributed by atoms with E-state index >= 15 is 0 Å². The fraction of sp³-hybridized carbons (Fsp3) is 0.385. The summed E-state index contributed by atoms with van der Waals surface area (Å²) in [5.74, 6) is 0.320. The van der Waals surface area contributed by atoms with E-state index in [0.29, 0.717) is 0 Å². The molecule has 32 heavy (non-hydrogen) atoms. The summed E-state index contributed by atoms with van der Waals surface area (Å²) < 4.78 is 3.62. The first kappa shape index (κ1) is 21.2. The van der Waals surface area contributed by atoms with Crippen LogP contribution in [0.4, 0.5) is 0 Å². The fourth-order valence-electron chi connectivity index (χ4n) is 4.53. The van der Waals surface area contributed by atoms with Crippen molar-refractivity contribution in [3.05, 3.63) is 59.3 Å². The summed E-state index contributed by atoms with van der Waals surface area (Å²) in [6, 6.07) is 15.3. The van der Waals surface area contributed by atoms with Crippen molar-refractivity contribution in [3.8, 4) is 11.3 Å². The van der Waals surface area contributed by atoms with Gasteiger partial charge in [-0.2, -0.15) is 0 Å². The molecule has 1 saturated heterocycles. The van der Waals surface area contributed by atoms with Crippen LogP contribution in [0, 0.1) is 19.8 Å². The smallest absolute Gasteiger partial charge is 0.225 e. The van der Waals surface area contributed by atoms with Gasteiger partial charge in [-0.05, 0) is 31.5 Å². The number of hydrogen-bond acceptors (Lipinski definition) is 4. The molecule has 6 heteroatoms. The number of nitrogens with zero attached hydrogens (tertiary/aromatic N) is 4. The number of aryl methyl sites for hydroxylation is 2. The number of fused-ring (bicyclic) bond motifs is 3. The fourth-order valence-corrected chi connectivity index (χ4v) is 5.67. The molecule has 1 aliphatic rings. The Morgan fingerprint density at radius 3 is 2.38 bits per heavy atom. The number of rotatable bonds is 4. The van der Waals surface area contributed by atoms with E-state index in [1.54, 1.807) is 11.3 Å². The number of piperazine rings is 1. The Hall–Kier alpha value is -2.70. The van der Waals surface area contributed by atoms with E-state index in [4.69, 9.17) is 4.98 Å². The Morgan fingerprint density at radius 1 is 1.00 bits per heavy atom. The molecule has 0 spiro atoms. The predicted molar refractivity (Wildman–Crippen MR) is 132 cm³/mol. The number of carbonyl (C=O) groups excluding carboxylic acids is 1. The van der Waals surface area contributed by atoms with E-state index in [0.717, 1.165) is 48.9 Å². The topological polar surface area (TPSA) is 40.9 Å². The van der Waals surface area contributed by atoms with Crippen molar-refractivity contribution in [2.24, 2.45) is 5.92 Å². The largest absolute Gasteiger partial charge is 0.340 e. The molecule has 0 radical (unpaired) electrons. The van der Waals surface area contributed by atoms with Gasteiger partial charge in [0.15, 0.2) is 4.96 Å².